The van der Waals surface area contributed by atoms with E-state index < -0.39 is 18.0 Å². The highest BCUT2D eigenvalue weighted by molar-refractivity contribution is 7.12. The summed E-state index contributed by atoms with van der Waals surface area (Å²) in [5.41, 5.74) is 1.23. The highest BCUT2D eigenvalue weighted by atomic mass is 35.5. The van der Waals surface area contributed by atoms with Gasteiger partial charge in [-0.1, -0.05) is 29.3 Å². The van der Waals surface area contributed by atoms with Gasteiger partial charge < -0.3 is 10.1 Å². The van der Waals surface area contributed by atoms with Crippen LogP contribution in [0, 0.1) is 13.8 Å². The lowest BCUT2D eigenvalue weighted by atomic mass is 10.1. The number of aryl methyl sites for hydroxylation is 2. The molecule has 2 rings (SSSR count). The van der Waals surface area contributed by atoms with Crippen molar-refractivity contribution in [2.24, 2.45) is 0 Å². The van der Waals surface area contributed by atoms with E-state index in [1.54, 1.807) is 31.2 Å². The van der Waals surface area contributed by atoms with E-state index in [4.69, 9.17) is 27.9 Å². The average Bonchev–Trinajstić information content (AvgIpc) is 2.85. The summed E-state index contributed by atoms with van der Waals surface area (Å²) in [6, 6.07) is 6.50. The molecule has 1 amide bonds. The molecule has 0 aliphatic heterocycles. The summed E-state index contributed by atoms with van der Waals surface area (Å²) in [6.45, 7) is 7.11. The SMILES string of the molecule is Cc1cc(C(=O)O[C@@H](C)C(=O)N[C@@H](C)c2ccc(Cl)cc2Cl)c(C)s1. The first-order chi connectivity index (χ1) is 11.7. The van der Waals surface area contributed by atoms with E-state index in [0.717, 1.165) is 15.3 Å². The minimum Gasteiger partial charge on any atom is -0.449 e. The maximum Gasteiger partial charge on any atom is 0.340 e. The predicted octanol–water partition coefficient (Wildman–Crippen LogP) is 5.09. The van der Waals surface area contributed by atoms with Crippen molar-refractivity contribution in [3.8, 4) is 0 Å². The zero-order valence-electron chi connectivity index (χ0n) is 14.4. The minimum atomic E-state index is -0.916. The largest absolute Gasteiger partial charge is 0.449 e. The standard InChI is InChI=1S/C18H19Cl2NO3S/c1-9-7-15(12(4)25-9)18(23)24-11(3)17(22)21-10(2)14-6-5-13(19)8-16(14)20/h5-8,10-11H,1-4H3,(H,21,22)/t10-,11-/m0/s1. The second kappa shape index (κ2) is 8.21. The summed E-state index contributed by atoms with van der Waals surface area (Å²) in [7, 11) is 0. The third kappa shape index (κ3) is 4.97. The summed E-state index contributed by atoms with van der Waals surface area (Å²) in [4.78, 5) is 26.4. The maximum absolute atomic E-state index is 12.3. The number of rotatable bonds is 5. The molecular formula is C18H19Cl2NO3S. The minimum absolute atomic E-state index is 0.344. The summed E-state index contributed by atoms with van der Waals surface area (Å²) >= 11 is 13.5. The topological polar surface area (TPSA) is 55.4 Å². The van der Waals surface area contributed by atoms with Crippen LogP contribution in [0.3, 0.4) is 0 Å². The van der Waals surface area contributed by atoms with Crippen molar-refractivity contribution in [3.63, 3.8) is 0 Å². The number of nitrogens with one attached hydrogen (secondary N) is 1. The number of carbonyl (C=O) groups excluding carboxylic acids is 2. The molecule has 0 spiro atoms. The lowest BCUT2D eigenvalue weighted by Gasteiger charge is -2.19. The Hall–Kier alpha value is -1.56. The van der Waals surface area contributed by atoms with Gasteiger partial charge in [-0.05, 0) is 51.5 Å². The summed E-state index contributed by atoms with van der Waals surface area (Å²) in [5.74, 6) is -0.891. The van der Waals surface area contributed by atoms with E-state index in [1.807, 2.05) is 13.8 Å². The molecule has 1 N–H and O–H groups in total. The second-order valence-electron chi connectivity index (χ2n) is 5.77. The van der Waals surface area contributed by atoms with Gasteiger partial charge in [0.25, 0.3) is 5.91 Å². The molecule has 0 radical (unpaired) electrons. The van der Waals surface area contributed by atoms with E-state index in [9.17, 15) is 9.59 Å². The Bertz CT molecular complexity index is 804. The normalized spacial score (nSPS) is 13.2. The predicted molar refractivity (Wildman–Crippen MR) is 102 cm³/mol. The number of thiophene rings is 1. The van der Waals surface area contributed by atoms with Gasteiger partial charge >= 0.3 is 5.97 Å². The van der Waals surface area contributed by atoms with Gasteiger partial charge in [0.05, 0.1) is 11.6 Å². The van der Waals surface area contributed by atoms with Gasteiger partial charge in [0.2, 0.25) is 0 Å². The molecule has 0 unspecified atom stereocenters. The van der Waals surface area contributed by atoms with Crippen LogP contribution in [0.15, 0.2) is 24.3 Å². The summed E-state index contributed by atoms with van der Waals surface area (Å²) in [5, 5.41) is 3.78. The molecule has 1 aromatic carbocycles. The molecule has 0 fully saturated rings. The van der Waals surface area contributed by atoms with Crippen molar-refractivity contribution in [2.75, 3.05) is 0 Å². The first-order valence-electron chi connectivity index (χ1n) is 7.72. The van der Waals surface area contributed by atoms with Crippen molar-refractivity contribution < 1.29 is 14.3 Å². The molecule has 134 valence electrons. The monoisotopic (exact) mass is 399 g/mol. The van der Waals surface area contributed by atoms with Crippen LogP contribution >= 0.6 is 34.5 Å². The highest BCUT2D eigenvalue weighted by Crippen LogP contribution is 2.26. The fourth-order valence-corrected chi connectivity index (χ4v) is 3.86. The number of carbonyl (C=O) groups is 2. The quantitative estimate of drug-likeness (QED) is 0.711. The average molecular weight is 400 g/mol. The van der Waals surface area contributed by atoms with Crippen LogP contribution in [0.4, 0.5) is 0 Å². The van der Waals surface area contributed by atoms with Gasteiger partial charge in [-0.15, -0.1) is 11.3 Å². The van der Waals surface area contributed by atoms with Crippen LogP contribution < -0.4 is 5.32 Å². The molecular weight excluding hydrogens is 381 g/mol. The molecule has 1 aromatic heterocycles. The van der Waals surface area contributed by atoms with Gasteiger partial charge in [0.15, 0.2) is 6.10 Å². The van der Waals surface area contributed by atoms with Gasteiger partial charge in [-0.2, -0.15) is 0 Å². The lowest BCUT2D eigenvalue weighted by molar-refractivity contribution is -0.129. The van der Waals surface area contributed by atoms with Crippen molar-refractivity contribution >= 4 is 46.4 Å². The van der Waals surface area contributed by atoms with E-state index in [1.165, 1.54) is 18.3 Å². The molecule has 2 aromatic rings. The first-order valence-corrected chi connectivity index (χ1v) is 9.29. The molecule has 1 heterocycles. The third-order valence-electron chi connectivity index (χ3n) is 3.70. The molecule has 0 saturated heterocycles. The van der Waals surface area contributed by atoms with Gasteiger partial charge in [0.1, 0.15) is 0 Å². The van der Waals surface area contributed by atoms with E-state index >= 15 is 0 Å². The number of ether oxygens (including phenoxy) is 1. The van der Waals surface area contributed by atoms with Crippen LogP contribution in [0.25, 0.3) is 0 Å². The van der Waals surface area contributed by atoms with Crippen LogP contribution in [-0.2, 0) is 9.53 Å². The van der Waals surface area contributed by atoms with Crippen LogP contribution in [-0.4, -0.2) is 18.0 Å². The second-order valence-corrected chi connectivity index (χ2v) is 8.07. The fourth-order valence-electron chi connectivity index (χ4n) is 2.37. The number of halogens is 2. The molecule has 0 bridgehead atoms. The number of esters is 1. The zero-order chi connectivity index (χ0) is 18.7. The molecule has 0 aliphatic rings. The molecule has 7 heteroatoms. The summed E-state index contributed by atoms with van der Waals surface area (Å²) in [6.07, 6.45) is -0.916. The van der Waals surface area contributed by atoms with Gasteiger partial charge in [-0.25, -0.2) is 4.79 Å². The Morgan fingerprint density at radius 3 is 2.40 bits per heavy atom. The molecule has 0 aliphatic carbocycles. The lowest BCUT2D eigenvalue weighted by Crippen LogP contribution is -2.37. The Labute approximate surface area is 161 Å². The smallest absolute Gasteiger partial charge is 0.340 e. The first kappa shape index (κ1) is 19.8. The van der Waals surface area contributed by atoms with Crippen molar-refractivity contribution in [1.82, 2.24) is 5.32 Å². The van der Waals surface area contributed by atoms with E-state index in [0.29, 0.717) is 15.6 Å². The maximum atomic E-state index is 12.3. The van der Waals surface area contributed by atoms with Crippen LogP contribution in [0.1, 0.15) is 45.6 Å². The number of benzene rings is 1. The Morgan fingerprint density at radius 2 is 1.84 bits per heavy atom. The van der Waals surface area contributed by atoms with Crippen molar-refractivity contribution in [1.29, 1.82) is 0 Å². The van der Waals surface area contributed by atoms with E-state index in [2.05, 4.69) is 5.32 Å². The summed E-state index contributed by atoms with van der Waals surface area (Å²) < 4.78 is 5.28. The number of hydrogen-bond donors (Lipinski definition) is 1. The Morgan fingerprint density at radius 1 is 1.16 bits per heavy atom. The van der Waals surface area contributed by atoms with Crippen LogP contribution in [0.5, 0.6) is 0 Å². The molecule has 0 saturated carbocycles. The zero-order valence-corrected chi connectivity index (χ0v) is 16.7. The Balaban J connectivity index is 2.00. The number of amides is 1. The number of hydrogen-bond acceptors (Lipinski definition) is 4. The highest BCUT2D eigenvalue weighted by Gasteiger charge is 2.23. The molecule has 4 nitrogen and oxygen atoms in total. The van der Waals surface area contributed by atoms with Crippen molar-refractivity contribution in [3.05, 3.63) is 55.2 Å². The fraction of sp³-hybridized carbons (Fsp3) is 0.333. The van der Waals surface area contributed by atoms with Crippen molar-refractivity contribution in [2.45, 2.75) is 39.8 Å². The third-order valence-corrected chi connectivity index (χ3v) is 5.23. The van der Waals surface area contributed by atoms with Gasteiger partial charge in [-0.3, -0.25) is 4.79 Å². The molecule has 25 heavy (non-hydrogen) atoms. The van der Waals surface area contributed by atoms with E-state index in [-0.39, 0.29) is 6.04 Å². The van der Waals surface area contributed by atoms with Crippen LogP contribution in [0.2, 0.25) is 10.0 Å². The molecule has 2 atom stereocenters. The Kier molecular flexibility index (Phi) is 6.49. The van der Waals surface area contributed by atoms with Gasteiger partial charge in [0, 0.05) is 19.8 Å².